The number of carbonyl (C=O) groups excluding carboxylic acids is 1. The number of halogens is 3. The van der Waals surface area contributed by atoms with E-state index in [9.17, 15) is 13.6 Å². The Morgan fingerprint density at radius 3 is 2.62 bits per heavy atom. The van der Waals surface area contributed by atoms with Gasteiger partial charge in [0.25, 0.3) is 11.8 Å². The third-order valence-corrected chi connectivity index (χ3v) is 5.73. The van der Waals surface area contributed by atoms with Gasteiger partial charge in [-0.1, -0.05) is 48.9 Å². The molecule has 1 amide bonds. The van der Waals surface area contributed by atoms with Crippen LogP contribution < -0.4 is 5.32 Å². The molecule has 1 aromatic carbocycles. The molecule has 7 nitrogen and oxygen atoms in total. The molecule has 0 spiro atoms. The molecular formula is C22H23ClF2N6O. The van der Waals surface area contributed by atoms with E-state index < -0.39 is 30.3 Å². The second-order valence-corrected chi connectivity index (χ2v) is 8.51. The molecule has 0 radical (unpaired) electrons. The molecule has 168 valence electrons. The fourth-order valence-electron chi connectivity index (χ4n) is 4.09. The molecule has 1 aliphatic heterocycles. The van der Waals surface area contributed by atoms with Crippen LogP contribution in [0, 0.1) is 5.92 Å². The van der Waals surface area contributed by atoms with Crippen LogP contribution in [0.2, 0.25) is 5.02 Å². The Balaban J connectivity index is 1.64. The number of anilines is 1. The number of hydrogen-bond donors (Lipinski definition) is 1. The summed E-state index contributed by atoms with van der Waals surface area (Å²) >= 11 is 5.82. The van der Waals surface area contributed by atoms with Crippen LogP contribution in [0.3, 0.4) is 0 Å². The summed E-state index contributed by atoms with van der Waals surface area (Å²) < 4.78 is 30.6. The van der Waals surface area contributed by atoms with Gasteiger partial charge in [0.2, 0.25) is 5.95 Å². The van der Waals surface area contributed by atoms with Gasteiger partial charge < -0.3 is 10.2 Å². The molecular weight excluding hydrogens is 438 g/mol. The van der Waals surface area contributed by atoms with Crippen LogP contribution in [0.15, 0.2) is 48.9 Å². The van der Waals surface area contributed by atoms with Gasteiger partial charge in [-0.3, -0.25) is 9.48 Å². The molecule has 4 rings (SSSR count). The van der Waals surface area contributed by atoms with Crippen molar-refractivity contribution in [2.24, 2.45) is 13.0 Å². The fourth-order valence-corrected chi connectivity index (χ4v) is 4.19. The van der Waals surface area contributed by atoms with E-state index in [1.807, 2.05) is 30.3 Å². The van der Waals surface area contributed by atoms with Gasteiger partial charge in [-0.25, -0.2) is 18.7 Å². The van der Waals surface area contributed by atoms with Crippen molar-refractivity contribution in [3.05, 3.63) is 59.5 Å². The Kier molecular flexibility index (Phi) is 6.10. The van der Waals surface area contributed by atoms with Gasteiger partial charge in [0.1, 0.15) is 5.69 Å². The monoisotopic (exact) mass is 460 g/mol. The Morgan fingerprint density at radius 1 is 1.25 bits per heavy atom. The van der Waals surface area contributed by atoms with Crippen molar-refractivity contribution in [1.82, 2.24) is 24.6 Å². The van der Waals surface area contributed by atoms with Crippen LogP contribution in [0.1, 0.15) is 23.7 Å². The van der Waals surface area contributed by atoms with Crippen LogP contribution in [0.5, 0.6) is 0 Å². The zero-order chi connectivity index (χ0) is 22.9. The standard InChI is InChI=1S/C22H23ClF2N6O/c1-14-8-22(24,25)13-31(18(14)11-28-21-26-9-16(23)10-27-21)20(32)17-12-30(2)29-19(17)15-6-4-3-5-7-15/h3-7,9-10,12,14,18H,8,11,13H2,1-2H3,(H,26,27,28). The lowest BCUT2D eigenvalue weighted by molar-refractivity contribution is -0.0897. The van der Waals surface area contributed by atoms with E-state index in [4.69, 9.17) is 11.6 Å². The summed E-state index contributed by atoms with van der Waals surface area (Å²) in [6, 6.07) is 8.74. The molecule has 10 heteroatoms. The predicted octanol–water partition coefficient (Wildman–Crippen LogP) is 4.13. The number of nitrogens with one attached hydrogen (secondary N) is 1. The number of nitrogens with zero attached hydrogens (tertiary/aromatic N) is 5. The minimum atomic E-state index is -2.97. The zero-order valence-corrected chi connectivity index (χ0v) is 18.4. The SMILES string of the molecule is CC1CC(F)(F)CN(C(=O)c2cn(C)nc2-c2ccccc2)C1CNc1ncc(Cl)cn1. The lowest BCUT2D eigenvalue weighted by Gasteiger charge is -2.43. The first-order valence-electron chi connectivity index (χ1n) is 10.2. The van der Waals surface area contributed by atoms with Crippen molar-refractivity contribution in [2.75, 3.05) is 18.4 Å². The first-order chi connectivity index (χ1) is 15.2. The van der Waals surface area contributed by atoms with E-state index in [0.29, 0.717) is 16.7 Å². The van der Waals surface area contributed by atoms with Gasteiger partial charge in [-0.05, 0) is 5.92 Å². The molecule has 0 aliphatic carbocycles. The van der Waals surface area contributed by atoms with Crippen molar-refractivity contribution in [3.63, 3.8) is 0 Å². The number of likely N-dealkylation sites (tertiary alicyclic amines) is 1. The predicted molar refractivity (Wildman–Crippen MR) is 118 cm³/mol. The third kappa shape index (κ3) is 4.72. The smallest absolute Gasteiger partial charge is 0.265 e. The highest BCUT2D eigenvalue weighted by Gasteiger charge is 2.46. The highest BCUT2D eigenvalue weighted by Crippen LogP contribution is 2.36. The molecule has 0 saturated carbocycles. The van der Waals surface area contributed by atoms with E-state index in [2.05, 4.69) is 20.4 Å². The minimum absolute atomic E-state index is 0.228. The van der Waals surface area contributed by atoms with Gasteiger partial charge in [0.05, 0.1) is 35.6 Å². The third-order valence-electron chi connectivity index (χ3n) is 5.54. The number of piperidine rings is 1. The summed E-state index contributed by atoms with van der Waals surface area (Å²) in [5.74, 6) is -3.58. The fraction of sp³-hybridized carbons (Fsp3) is 0.364. The zero-order valence-electron chi connectivity index (χ0n) is 17.7. The van der Waals surface area contributed by atoms with Crippen molar-refractivity contribution < 1.29 is 13.6 Å². The van der Waals surface area contributed by atoms with Gasteiger partial charge in [0, 0.05) is 31.8 Å². The quantitative estimate of drug-likeness (QED) is 0.619. The van der Waals surface area contributed by atoms with Gasteiger partial charge in [0.15, 0.2) is 0 Å². The number of benzene rings is 1. The number of amides is 1. The lowest BCUT2D eigenvalue weighted by atomic mass is 9.87. The normalized spacial score (nSPS) is 20.2. The first-order valence-corrected chi connectivity index (χ1v) is 10.6. The Labute approximate surface area is 189 Å². The Hall–Kier alpha value is -3.07. The average Bonchev–Trinajstić information content (AvgIpc) is 3.15. The van der Waals surface area contributed by atoms with E-state index in [1.54, 1.807) is 20.2 Å². The maximum Gasteiger partial charge on any atom is 0.265 e. The van der Waals surface area contributed by atoms with Crippen molar-refractivity contribution in [2.45, 2.75) is 25.3 Å². The van der Waals surface area contributed by atoms with Gasteiger partial charge >= 0.3 is 0 Å². The number of alkyl halides is 2. The maximum absolute atomic E-state index is 14.5. The molecule has 0 bridgehead atoms. The van der Waals surface area contributed by atoms with E-state index in [1.165, 1.54) is 22.0 Å². The Morgan fingerprint density at radius 2 is 1.94 bits per heavy atom. The molecule has 1 N–H and O–H groups in total. The Bertz CT molecular complexity index is 1090. The number of rotatable bonds is 5. The second-order valence-electron chi connectivity index (χ2n) is 8.07. The van der Waals surface area contributed by atoms with E-state index in [-0.39, 0.29) is 18.5 Å². The molecule has 2 atom stereocenters. The van der Waals surface area contributed by atoms with Gasteiger partial charge in [-0.15, -0.1) is 0 Å². The lowest BCUT2D eigenvalue weighted by Crippen LogP contribution is -2.57. The van der Waals surface area contributed by atoms with E-state index in [0.717, 1.165) is 5.56 Å². The molecule has 1 fully saturated rings. The summed E-state index contributed by atoms with van der Waals surface area (Å²) in [5.41, 5.74) is 1.50. The van der Waals surface area contributed by atoms with Crippen molar-refractivity contribution in [3.8, 4) is 11.3 Å². The summed E-state index contributed by atoms with van der Waals surface area (Å²) in [7, 11) is 1.70. The molecule has 2 unspecified atom stereocenters. The summed E-state index contributed by atoms with van der Waals surface area (Å²) in [4.78, 5) is 23.0. The largest absolute Gasteiger partial charge is 0.352 e. The van der Waals surface area contributed by atoms with Crippen LogP contribution in [-0.2, 0) is 7.05 Å². The second kappa shape index (κ2) is 8.82. The van der Waals surface area contributed by atoms with Crippen molar-refractivity contribution in [1.29, 1.82) is 0 Å². The average molecular weight is 461 g/mol. The summed E-state index contributed by atoms with van der Waals surface area (Å²) in [6.45, 7) is 1.29. The number of hydrogen-bond acceptors (Lipinski definition) is 5. The highest BCUT2D eigenvalue weighted by molar-refractivity contribution is 6.30. The van der Waals surface area contributed by atoms with Crippen LogP contribution >= 0.6 is 11.6 Å². The molecule has 2 aromatic heterocycles. The number of aromatic nitrogens is 4. The van der Waals surface area contributed by atoms with Crippen LogP contribution in [0.25, 0.3) is 11.3 Å². The number of aryl methyl sites for hydroxylation is 1. The molecule has 3 aromatic rings. The topological polar surface area (TPSA) is 75.9 Å². The molecule has 32 heavy (non-hydrogen) atoms. The number of carbonyl (C=O) groups is 1. The minimum Gasteiger partial charge on any atom is -0.352 e. The van der Waals surface area contributed by atoms with Crippen LogP contribution in [-0.4, -0.2) is 55.6 Å². The first kappa shape index (κ1) is 22.1. The maximum atomic E-state index is 14.5. The molecule has 3 heterocycles. The summed E-state index contributed by atoms with van der Waals surface area (Å²) in [5, 5.41) is 7.85. The van der Waals surface area contributed by atoms with Crippen molar-refractivity contribution >= 4 is 23.5 Å². The summed E-state index contributed by atoms with van der Waals surface area (Å²) in [6.07, 6.45) is 4.16. The van der Waals surface area contributed by atoms with Crippen LogP contribution in [0.4, 0.5) is 14.7 Å². The highest BCUT2D eigenvalue weighted by atomic mass is 35.5. The van der Waals surface area contributed by atoms with Gasteiger partial charge in [-0.2, -0.15) is 5.10 Å². The van der Waals surface area contributed by atoms with E-state index >= 15 is 0 Å². The molecule has 1 aliphatic rings. The molecule has 1 saturated heterocycles.